The molecule has 11 heteroatoms. The molecule has 0 saturated heterocycles. The highest BCUT2D eigenvalue weighted by atomic mass is 32.2. The van der Waals surface area contributed by atoms with Gasteiger partial charge in [0.15, 0.2) is 0 Å². The molecular weight excluding hydrogens is 498 g/mol. The molecule has 0 bridgehead atoms. The molecule has 0 aliphatic rings. The summed E-state index contributed by atoms with van der Waals surface area (Å²) in [6, 6.07) is 15.0. The van der Waals surface area contributed by atoms with Gasteiger partial charge in [-0.25, -0.2) is 13.2 Å². The normalized spacial score (nSPS) is 11.9. The minimum Gasteiger partial charge on any atom is -0.496 e. The molecule has 0 fully saturated rings. The first-order valence-corrected chi connectivity index (χ1v) is 13.0. The predicted molar refractivity (Wildman–Crippen MR) is 141 cm³/mol. The summed E-state index contributed by atoms with van der Waals surface area (Å²) in [6.07, 6.45) is 2.39. The molecular formula is C26H25N3O7S. The Morgan fingerprint density at radius 3 is 2.32 bits per heavy atom. The fourth-order valence-electron chi connectivity index (χ4n) is 4.08. The van der Waals surface area contributed by atoms with Gasteiger partial charge >= 0.3 is 11.7 Å². The zero-order valence-corrected chi connectivity index (χ0v) is 21.3. The second-order valence-electron chi connectivity index (χ2n) is 9.14. The third-order valence-electron chi connectivity index (χ3n) is 6.04. The lowest BCUT2D eigenvalue weighted by Crippen LogP contribution is -2.31. The minimum atomic E-state index is -3.43. The van der Waals surface area contributed by atoms with Crippen LogP contribution >= 0.6 is 0 Å². The van der Waals surface area contributed by atoms with Crippen LogP contribution in [0, 0.1) is 0 Å². The van der Waals surface area contributed by atoms with Gasteiger partial charge in [-0.05, 0) is 60.5 Å². The third kappa shape index (κ3) is 5.12. The van der Waals surface area contributed by atoms with E-state index in [0.717, 1.165) is 17.0 Å². The van der Waals surface area contributed by atoms with Gasteiger partial charge in [-0.15, -0.1) is 0 Å². The lowest BCUT2D eigenvalue weighted by atomic mass is 9.81. The second-order valence-corrected chi connectivity index (χ2v) is 10.9. The van der Waals surface area contributed by atoms with Crippen molar-refractivity contribution in [3.8, 4) is 22.6 Å². The van der Waals surface area contributed by atoms with Gasteiger partial charge in [0.2, 0.25) is 10.0 Å². The number of nitrogens with one attached hydrogen (secondary N) is 2. The molecule has 10 nitrogen and oxygen atoms in total. The minimum absolute atomic E-state index is 0.323. The Labute approximate surface area is 212 Å². The second kappa shape index (κ2) is 9.25. The largest absolute Gasteiger partial charge is 0.496 e. The van der Waals surface area contributed by atoms with Crippen molar-refractivity contribution < 1.29 is 23.1 Å². The number of nitrogens with zero attached hydrogens (tertiary/aromatic N) is 1. The number of methoxy groups -OCH3 is 1. The van der Waals surface area contributed by atoms with Gasteiger partial charge in [-0.1, -0.05) is 18.2 Å². The summed E-state index contributed by atoms with van der Waals surface area (Å²) in [6.45, 7) is 3.07. The molecule has 192 valence electrons. The number of aromatic amines is 1. The molecule has 4 rings (SSSR count). The molecule has 1 aromatic heterocycles. The molecule has 3 N–H and O–H groups in total. The van der Waals surface area contributed by atoms with Crippen LogP contribution in [0.25, 0.3) is 27.6 Å². The van der Waals surface area contributed by atoms with E-state index in [9.17, 15) is 27.9 Å². The van der Waals surface area contributed by atoms with Crippen LogP contribution in [0.2, 0.25) is 0 Å². The number of rotatable bonds is 7. The first kappa shape index (κ1) is 25.7. The average Bonchev–Trinajstić information content (AvgIpc) is 2.81. The van der Waals surface area contributed by atoms with Crippen molar-refractivity contribution in [2.24, 2.45) is 0 Å². The van der Waals surface area contributed by atoms with Gasteiger partial charge in [0, 0.05) is 29.1 Å². The Hall–Kier alpha value is -4.38. The lowest BCUT2D eigenvalue weighted by molar-refractivity contribution is -0.142. The topological polar surface area (TPSA) is 148 Å². The Morgan fingerprint density at radius 2 is 1.70 bits per heavy atom. The van der Waals surface area contributed by atoms with Crippen molar-refractivity contribution in [1.82, 2.24) is 9.55 Å². The summed E-state index contributed by atoms with van der Waals surface area (Å²) < 4.78 is 32.5. The number of carbonyl (C=O) groups is 1. The highest BCUT2D eigenvalue weighted by molar-refractivity contribution is 7.92. The van der Waals surface area contributed by atoms with Crippen molar-refractivity contribution in [3.05, 3.63) is 87.2 Å². The molecule has 0 unspecified atom stereocenters. The molecule has 0 aliphatic heterocycles. The van der Waals surface area contributed by atoms with E-state index in [1.54, 1.807) is 42.5 Å². The van der Waals surface area contributed by atoms with Gasteiger partial charge in [-0.3, -0.25) is 23.9 Å². The number of sulfonamides is 1. The van der Waals surface area contributed by atoms with Crippen molar-refractivity contribution in [2.45, 2.75) is 19.3 Å². The number of benzene rings is 3. The zero-order chi connectivity index (χ0) is 27.1. The van der Waals surface area contributed by atoms with E-state index in [-0.39, 0.29) is 0 Å². The van der Waals surface area contributed by atoms with Crippen LogP contribution < -0.4 is 20.7 Å². The maximum Gasteiger partial charge on any atom is 0.332 e. The third-order valence-corrected chi connectivity index (χ3v) is 6.65. The highest BCUT2D eigenvalue weighted by Gasteiger charge is 2.34. The number of aliphatic carboxylic acids is 1. The van der Waals surface area contributed by atoms with Gasteiger partial charge in [0.1, 0.15) is 5.75 Å². The Kier molecular flexibility index (Phi) is 6.42. The molecule has 37 heavy (non-hydrogen) atoms. The average molecular weight is 524 g/mol. The number of carboxylic acids is 1. The molecule has 0 spiro atoms. The molecule has 0 atom stereocenters. The van der Waals surface area contributed by atoms with Gasteiger partial charge in [0.25, 0.3) is 5.56 Å². The molecule has 0 saturated carbocycles. The molecule has 1 heterocycles. The van der Waals surface area contributed by atoms with Crippen molar-refractivity contribution >= 4 is 32.5 Å². The number of fused-ring (bicyclic) bond motifs is 1. The van der Waals surface area contributed by atoms with Crippen LogP contribution in [0.1, 0.15) is 19.4 Å². The highest BCUT2D eigenvalue weighted by Crippen LogP contribution is 2.42. The fourth-order valence-corrected chi connectivity index (χ4v) is 4.63. The molecule has 0 radical (unpaired) electrons. The van der Waals surface area contributed by atoms with Gasteiger partial charge in [-0.2, -0.15) is 0 Å². The monoisotopic (exact) mass is 523 g/mol. The number of hydrogen-bond donors (Lipinski definition) is 3. The molecule has 0 aliphatic carbocycles. The van der Waals surface area contributed by atoms with E-state index < -0.39 is 32.7 Å². The van der Waals surface area contributed by atoms with Crippen molar-refractivity contribution in [2.75, 3.05) is 18.1 Å². The number of anilines is 1. The number of hydrogen-bond acceptors (Lipinski definition) is 6. The van der Waals surface area contributed by atoms with E-state index in [0.29, 0.717) is 33.8 Å². The Bertz CT molecular complexity index is 1770. The Morgan fingerprint density at radius 1 is 1.03 bits per heavy atom. The maximum atomic E-state index is 12.6. The van der Waals surface area contributed by atoms with Gasteiger partial charge in [0.05, 0.1) is 24.5 Å². The number of aromatic nitrogens is 2. The van der Waals surface area contributed by atoms with E-state index in [2.05, 4.69) is 9.71 Å². The van der Waals surface area contributed by atoms with E-state index in [1.165, 1.54) is 37.8 Å². The maximum absolute atomic E-state index is 12.6. The van der Waals surface area contributed by atoms with Crippen LogP contribution in [-0.4, -0.2) is 42.4 Å². The van der Waals surface area contributed by atoms with Crippen molar-refractivity contribution in [3.63, 3.8) is 0 Å². The fraction of sp³-hybridized carbons (Fsp3) is 0.192. The Balaban J connectivity index is 1.98. The van der Waals surface area contributed by atoms with E-state index in [1.807, 2.05) is 6.07 Å². The molecule has 0 amide bonds. The summed E-state index contributed by atoms with van der Waals surface area (Å²) in [5.74, 6) is -0.768. The quantitative estimate of drug-likeness (QED) is 0.337. The van der Waals surface area contributed by atoms with Crippen LogP contribution in [-0.2, 0) is 20.2 Å². The summed E-state index contributed by atoms with van der Waals surface area (Å²) in [4.78, 5) is 38.5. The predicted octanol–water partition coefficient (Wildman–Crippen LogP) is 3.09. The summed E-state index contributed by atoms with van der Waals surface area (Å²) in [5, 5.41) is 11.5. The van der Waals surface area contributed by atoms with Crippen LogP contribution in [0.4, 0.5) is 5.69 Å². The number of carboxylic acid groups (broad SMARTS) is 1. The van der Waals surface area contributed by atoms with E-state index in [4.69, 9.17) is 4.74 Å². The van der Waals surface area contributed by atoms with Crippen LogP contribution in [0.3, 0.4) is 0 Å². The standard InChI is InChI=1S/C26H25N3O7S/c1-26(2,24(31)32)21-14-19(29-10-9-22(30)27-25(29)33)13-20(23(21)36-3)17-6-5-16-12-18(28-37(4,34)35)8-7-15(16)11-17/h5-14,28H,1-4H3,(H,31,32)(H,27,30,33). The molecule has 4 aromatic rings. The summed E-state index contributed by atoms with van der Waals surface area (Å²) in [7, 11) is -1.99. The zero-order valence-electron chi connectivity index (χ0n) is 20.5. The smallest absolute Gasteiger partial charge is 0.332 e. The summed E-state index contributed by atoms with van der Waals surface area (Å²) in [5.41, 5.74) is -0.310. The number of H-pyrrole nitrogens is 1. The number of ether oxygens (including phenoxy) is 1. The van der Waals surface area contributed by atoms with Crippen molar-refractivity contribution in [1.29, 1.82) is 0 Å². The van der Waals surface area contributed by atoms with E-state index >= 15 is 0 Å². The first-order valence-electron chi connectivity index (χ1n) is 11.1. The first-order chi connectivity index (χ1) is 17.3. The SMILES string of the molecule is COc1c(-c2ccc3cc(NS(C)(=O)=O)ccc3c2)cc(-n2ccc(=O)[nH]c2=O)cc1C(C)(C)C(=O)O. The lowest BCUT2D eigenvalue weighted by Gasteiger charge is -2.26. The molecule has 3 aromatic carbocycles. The van der Waals surface area contributed by atoms with Crippen LogP contribution in [0.5, 0.6) is 5.75 Å². The summed E-state index contributed by atoms with van der Waals surface area (Å²) >= 11 is 0. The van der Waals surface area contributed by atoms with Crippen LogP contribution in [0.15, 0.2) is 70.4 Å². The van der Waals surface area contributed by atoms with Gasteiger partial charge < -0.3 is 9.84 Å².